The van der Waals surface area contributed by atoms with Crippen molar-refractivity contribution in [3.05, 3.63) is 23.9 Å². The van der Waals surface area contributed by atoms with Crippen molar-refractivity contribution < 1.29 is 9.47 Å². The van der Waals surface area contributed by atoms with E-state index in [0.717, 1.165) is 12.0 Å². The van der Waals surface area contributed by atoms with Crippen molar-refractivity contribution in [2.75, 3.05) is 25.6 Å². The third kappa shape index (κ3) is 2.91. The maximum Gasteiger partial charge on any atom is 0.123 e. The molecule has 0 bridgehead atoms. The molecule has 0 saturated carbocycles. The fourth-order valence-corrected chi connectivity index (χ4v) is 1.78. The Balaban J connectivity index is 1.93. The molecule has 4 N–H and O–H groups in total. The lowest BCUT2D eigenvalue weighted by atomic mass is 10.0. The summed E-state index contributed by atoms with van der Waals surface area (Å²) in [4.78, 5) is 3.94. The lowest BCUT2D eigenvalue weighted by molar-refractivity contribution is -0.0967. The Morgan fingerprint density at radius 2 is 2.38 bits per heavy atom. The molecule has 2 unspecified atom stereocenters. The normalized spacial score (nSPS) is 22.9. The Kier molecular flexibility index (Phi) is 3.71. The molecule has 2 atom stereocenters. The fourth-order valence-electron chi connectivity index (χ4n) is 1.78. The zero-order valence-corrected chi connectivity index (χ0v) is 9.13. The van der Waals surface area contributed by atoms with Gasteiger partial charge in [0.25, 0.3) is 0 Å². The highest BCUT2D eigenvalue weighted by Gasteiger charge is 2.22. The molecule has 0 aliphatic carbocycles. The molecule has 1 aliphatic rings. The van der Waals surface area contributed by atoms with Crippen LogP contribution in [-0.2, 0) is 15.9 Å². The lowest BCUT2D eigenvalue weighted by Gasteiger charge is -2.28. The van der Waals surface area contributed by atoms with Crippen LogP contribution in [0.25, 0.3) is 0 Å². The SMILES string of the molecule is Nc1cc(CC(N)C2COCCO2)ccn1. The summed E-state index contributed by atoms with van der Waals surface area (Å²) in [5.74, 6) is 0.519. The van der Waals surface area contributed by atoms with Gasteiger partial charge < -0.3 is 20.9 Å². The summed E-state index contributed by atoms with van der Waals surface area (Å²) >= 11 is 0. The van der Waals surface area contributed by atoms with E-state index in [1.54, 1.807) is 6.20 Å². The van der Waals surface area contributed by atoms with Crippen molar-refractivity contribution in [1.82, 2.24) is 4.98 Å². The minimum atomic E-state index is -0.0675. The van der Waals surface area contributed by atoms with Gasteiger partial charge in [-0.05, 0) is 24.1 Å². The van der Waals surface area contributed by atoms with E-state index in [1.165, 1.54) is 0 Å². The number of nitrogens with two attached hydrogens (primary N) is 2. The van der Waals surface area contributed by atoms with Crippen LogP contribution in [-0.4, -0.2) is 37.0 Å². The first-order valence-corrected chi connectivity index (χ1v) is 5.41. The second-order valence-electron chi connectivity index (χ2n) is 3.94. The molecule has 16 heavy (non-hydrogen) atoms. The van der Waals surface area contributed by atoms with E-state index in [9.17, 15) is 0 Å². The van der Waals surface area contributed by atoms with Gasteiger partial charge in [-0.25, -0.2) is 4.98 Å². The van der Waals surface area contributed by atoms with Gasteiger partial charge in [-0.1, -0.05) is 0 Å². The van der Waals surface area contributed by atoms with Gasteiger partial charge in [-0.3, -0.25) is 0 Å². The van der Waals surface area contributed by atoms with E-state index in [1.807, 2.05) is 12.1 Å². The van der Waals surface area contributed by atoms with Gasteiger partial charge in [0, 0.05) is 12.2 Å². The Morgan fingerprint density at radius 1 is 1.50 bits per heavy atom. The second kappa shape index (κ2) is 5.25. The molecule has 0 radical (unpaired) electrons. The minimum absolute atomic E-state index is 0.0249. The first-order valence-electron chi connectivity index (χ1n) is 5.41. The van der Waals surface area contributed by atoms with Crippen LogP contribution in [0.5, 0.6) is 0 Å². The predicted molar refractivity (Wildman–Crippen MR) is 60.9 cm³/mol. The molecule has 5 heteroatoms. The summed E-state index contributed by atoms with van der Waals surface area (Å²) in [7, 11) is 0. The molecule has 0 amide bonds. The van der Waals surface area contributed by atoms with Crippen molar-refractivity contribution in [2.24, 2.45) is 5.73 Å². The van der Waals surface area contributed by atoms with Crippen LogP contribution in [0.3, 0.4) is 0 Å². The largest absolute Gasteiger partial charge is 0.384 e. The number of hydrogen-bond acceptors (Lipinski definition) is 5. The Bertz CT molecular complexity index is 340. The number of aromatic nitrogens is 1. The molecule has 1 aliphatic heterocycles. The summed E-state index contributed by atoms with van der Waals surface area (Å²) in [5, 5.41) is 0. The third-order valence-electron chi connectivity index (χ3n) is 2.64. The molecule has 2 heterocycles. The number of rotatable bonds is 3. The van der Waals surface area contributed by atoms with Crippen LogP contribution >= 0.6 is 0 Å². The van der Waals surface area contributed by atoms with Crippen LogP contribution in [0.1, 0.15) is 5.56 Å². The number of anilines is 1. The summed E-state index contributed by atoms with van der Waals surface area (Å²) in [6.45, 7) is 1.85. The molecule has 1 aromatic heterocycles. The zero-order chi connectivity index (χ0) is 11.4. The molecular weight excluding hydrogens is 206 g/mol. The number of hydrogen-bond donors (Lipinski definition) is 2. The van der Waals surface area contributed by atoms with Crippen molar-refractivity contribution in [3.8, 4) is 0 Å². The molecule has 1 saturated heterocycles. The summed E-state index contributed by atoms with van der Waals surface area (Å²) in [5.41, 5.74) is 12.7. The second-order valence-corrected chi connectivity index (χ2v) is 3.94. The fraction of sp³-hybridized carbons (Fsp3) is 0.545. The van der Waals surface area contributed by atoms with Crippen LogP contribution in [0.15, 0.2) is 18.3 Å². The molecule has 5 nitrogen and oxygen atoms in total. The minimum Gasteiger partial charge on any atom is -0.384 e. The third-order valence-corrected chi connectivity index (χ3v) is 2.64. The molecule has 1 fully saturated rings. The average molecular weight is 223 g/mol. The van der Waals surface area contributed by atoms with Crippen molar-refractivity contribution in [3.63, 3.8) is 0 Å². The maximum atomic E-state index is 6.06. The highest BCUT2D eigenvalue weighted by atomic mass is 16.6. The average Bonchev–Trinajstić information content (AvgIpc) is 2.30. The lowest BCUT2D eigenvalue weighted by Crippen LogP contribution is -2.44. The Hall–Kier alpha value is -1.17. The van der Waals surface area contributed by atoms with Gasteiger partial charge in [0.15, 0.2) is 0 Å². The molecular formula is C11H17N3O2. The van der Waals surface area contributed by atoms with Gasteiger partial charge in [0.2, 0.25) is 0 Å². The molecule has 1 aromatic rings. The van der Waals surface area contributed by atoms with Crippen LogP contribution < -0.4 is 11.5 Å². The number of ether oxygens (including phenoxy) is 2. The highest BCUT2D eigenvalue weighted by molar-refractivity contribution is 5.32. The topological polar surface area (TPSA) is 83.4 Å². The van der Waals surface area contributed by atoms with Gasteiger partial charge in [-0.15, -0.1) is 0 Å². The Labute approximate surface area is 94.7 Å². The number of nitrogen functional groups attached to an aromatic ring is 1. The van der Waals surface area contributed by atoms with Crippen molar-refractivity contribution in [2.45, 2.75) is 18.6 Å². The van der Waals surface area contributed by atoms with Crippen LogP contribution in [0.4, 0.5) is 5.82 Å². The van der Waals surface area contributed by atoms with E-state index < -0.39 is 0 Å². The molecule has 88 valence electrons. The summed E-state index contributed by atoms with van der Waals surface area (Å²) < 4.78 is 10.9. The van der Waals surface area contributed by atoms with Gasteiger partial charge >= 0.3 is 0 Å². The van der Waals surface area contributed by atoms with Gasteiger partial charge in [0.05, 0.1) is 25.9 Å². The zero-order valence-electron chi connectivity index (χ0n) is 9.13. The van der Waals surface area contributed by atoms with Crippen LogP contribution in [0, 0.1) is 0 Å². The Morgan fingerprint density at radius 3 is 3.06 bits per heavy atom. The first-order chi connectivity index (χ1) is 7.75. The van der Waals surface area contributed by atoms with E-state index in [4.69, 9.17) is 20.9 Å². The standard InChI is InChI=1S/C11H17N3O2/c12-9(10-7-15-3-4-16-10)5-8-1-2-14-11(13)6-8/h1-2,6,9-10H,3-5,7,12H2,(H2,13,14). The van der Waals surface area contributed by atoms with Crippen molar-refractivity contribution in [1.29, 1.82) is 0 Å². The number of pyridine rings is 1. The summed E-state index contributed by atoms with van der Waals surface area (Å²) in [6.07, 6.45) is 2.39. The first kappa shape index (κ1) is 11.3. The quantitative estimate of drug-likeness (QED) is 0.750. The number of nitrogens with zero attached hydrogens (tertiary/aromatic N) is 1. The summed E-state index contributed by atoms with van der Waals surface area (Å²) in [6, 6.07) is 3.69. The monoisotopic (exact) mass is 223 g/mol. The van der Waals surface area contributed by atoms with Crippen LogP contribution in [0.2, 0.25) is 0 Å². The van der Waals surface area contributed by atoms with E-state index in [0.29, 0.717) is 25.6 Å². The van der Waals surface area contributed by atoms with E-state index >= 15 is 0 Å². The predicted octanol–water partition coefficient (Wildman–Crippen LogP) is -0.0510. The van der Waals surface area contributed by atoms with E-state index in [2.05, 4.69) is 4.98 Å². The van der Waals surface area contributed by atoms with Gasteiger partial charge in [-0.2, -0.15) is 0 Å². The van der Waals surface area contributed by atoms with Gasteiger partial charge in [0.1, 0.15) is 5.82 Å². The highest BCUT2D eigenvalue weighted by Crippen LogP contribution is 2.11. The molecule has 2 rings (SSSR count). The van der Waals surface area contributed by atoms with Crippen molar-refractivity contribution >= 4 is 5.82 Å². The molecule has 0 spiro atoms. The maximum absolute atomic E-state index is 6.06. The molecule has 0 aromatic carbocycles. The van der Waals surface area contributed by atoms with E-state index in [-0.39, 0.29) is 12.1 Å². The smallest absolute Gasteiger partial charge is 0.123 e.